The van der Waals surface area contributed by atoms with E-state index in [1.165, 1.54) is 19.1 Å². The highest BCUT2D eigenvalue weighted by Crippen LogP contribution is 2.34. The number of aromatic nitrogens is 2. The molecule has 0 radical (unpaired) electrons. The second-order valence-corrected chi connectivity index (χ2v) is 13.8. The predicted molar refractivity (Wildman–Crippen MR) is 189 cm³/mol. The number of fused-ring (bicyclic) bond motifs is 1. The van der Waals surface area contributed by atoms with Gasteiger partial charge >= 0.3 is 0 Å². The molecule has 3 aromatic rings. The molecular formula is C35H49N9O4. The van der Waals surface area contributed by atoms with Crippen LogP contribution in [-0.4, -0.2) is 110 Å². The van der Waals surface area contributed by atoms with Gasteiger partial charge in [-0.05, 0) is 69.6 Å². The largest absolute Gasteiger partial charge is 0.494 e. The van der Waals surface area contributed by atoms with Gasteiger partial charge in [0.15, 0.2) is 0 Å². The first kappa shape index (κ1) is 34.8. The maximum atomic E-state index is 13.9. The van der Waals surface area contributed by atoms with Gasteiger partial charge < -0.3 is 40.7 Å². The molecule has 0 bridgehead atoms. The predicted octanol–water partition coefficient (Wildman–Crippen LogP) is 3.20. The Morgan fingerprint density at radius 1 is 1.00 bits per heavy atom. The maximum absolute atomic E-state index is 13.9. The third kappa shape index (κ3) is 7.79. The summed E-state index contributed by atoms with van der Waals surface area (Å²) in [6.45, 7) is 11.9. The van der Waals surface area contributed by atoms with Crippen LogP contribution in [0, 0.1) is 5.41 Å². The fourth-order valence-electron chi connectivity index (χ4n) is 6.14. The third-order valence-electron chi connectivity index (χ3n) is 9.28. The summed E-state index contributed by atoms with van der Waals surface area (Å²) >= 11 is 0. The van der Waals surface area contributed by atoms with Crippen molar-refractivity contribution in [2.75, 3.05) is 69.5 Å². The Morgan fingerprint density at radius 2 is 1.71 bits per heavy atom. The number of rotatable bonds is 10. The summed E-state index contributed by atoms with van der Waals surface area (Å²) in [7, 11) is 5.37. The molecule has 0 aliphatic carbocycles. The molecule has 2 fully saturated rings. The molecule has 0 saturated carbocycles. The van der Waals surface area contributed by atoms with Crippen LogP contribution in [-0.2, 0) is 14.4 Å². The number of carbonyl (C=O) groups excluding carboxylic acids is 3. The van der Waals surface area contributed by atoms with Gasteiger partial charge in [0.2, 0.25) is 17.7 Å². The van der Waals surface area contributed by atoms with Crippen LogP contribution in [0.5, 0.6) is 5.75 Å². The molecular weight excluding hydrogens is 610 g/mol. The zero-order valence-electron chi connectivity index (χ0n) is 29.1. The number of piperazine rings is 1. The Morgan fingerprint density at radius 3 is 2.35 bits per heavy atom. The molecule has 48 heavy (non-hydrogen) atoms. The molecule has 3 unspecified atom stereocenters. The van der Waals surface area contributed by atoms with Crippen LogP contribution in [0.15, 0.2) is 42.7 Å². The summed E-state index contributed by atoms with van der Waals surface area (Å²) in [6, 6.07) is 9.87. The van der Waals surface area contributed by atoms with Crippen LogP contribution >= 0.6 is 0 Å². The summed E-state index contributed by atoms with van der Waals surface area (Å²) < 4.78 is 5.65. The van der Waals surface area contributed by atoms with Crippen molar-refractivity contribution in [2.45, 2.75) is 58.7 Å². The number of amides is 3. The number of hydrogen-bond acceptors (Lipinski definition) is 10. The lowest BCUT2D eigenvalue weighted by molar-refractivity contribution is -0.143. The Bertz CT molecular complexity index is 1620. The number of ether oxygens (including phenoxy) is 1. The number of anilines is 4. The van der Waals surface area contributed by atoms with E-state index in [2.05, 4.69) is 60.2 Å². The number of methoxy groups -OCH3 is 1. The molecule has 2 aromatic carbocycles. The Labute approximate surface area is 282 Å². The van der Waals surface area contributed by atoms with Crippen molar-refractivity contribution >= 4 is 51.5 Å². The molecule has 13 heteroatoms. The fourth-order valence-corrected chi connectivity index (χ4v) is 6.14. The van der Waals surface area contributed by atoms with Crippen molar-refractivity contribution < 1.29 is 19.1 Å². The normalized spacial score (nSPS) is 18.4. The van der Waals surface area contributed by atoms with E-state index in [0.717, 1.165) is 31.9 Å². The third-order valence-corrected chi connectivity index (χ3v) is 9.28. The van der Waals surface area contributed by atoms with Crippen LogP contribution < -0.4 is 30.9 Å². The average Bonchev–Trinajstić information content (AvgIpc) is 3.57. The molecule has 2 saturated heterocycles. The standard InChI is InChI=1S/C35H49N9O4/c1-22(36-5)32(45)41-30(35(2,3)4)34(47)44-14-8-9-28(44)33(46)40-27-19-25-26(20-29(27)48-7)37-21-38-31(25)39-23-10-12-24(13-11-23)43-17-15-42(6)16-18-43/h10-13,19-22,28,30,36H,8-9,14-18H2,1-7H3,(H,40,46)(H,41,45)(H,37,38,39). The van der Waals surface area contributed by atoms with Crippen LogP contribution in [0.3, 0.4) is 0 Å². The molecule has 258 valence electrons. The molecule has 3 atom stereocenters. The van der Waals surface area contributed by atoms with Crippen molar-refractivity contribution in [2.24, 2.45) is 5.41 Å². The summed E-state index contributed by atoms with van der Waals surface area (Å²) in [6.07, 6.45) is 2.67. The lowest BCUT2D eigenvalue weighted by atomic mass is 9.85. The van der Waals surface area contributed by atoms with Crippen LogP contribution in [0.4, 0.5) is 22.9 Å². The van der Waals surface area contributed by atoms with E-state index in [-0.39, 0.29) is 17.7 Å². The highest BCUT2D eigenvalue weighted by atomic mass is 16.5. The molecule has 5 rings (SSSR count). The van der Waals surface area contributed by atoms with E-state index in [4.69, 9.17) is 4.74 Å². The van der Waals surface area contributed by atoms with E-state index in [0.29, 0.717) is 47.5 Å². The molecule has 13 nitrogen and oxygen atoms in total. The Hall–Kier alpha value is -4.49. The van der Waals surface area contributed by atoms with E-state index < -0.39 is 23.5 Å². The number of benzene rings is 2. The number of nitrogens with one attached hydrogen (secondary N) is 4. The van der Waals surface area contributed by atoms with Gasteiger partial charge in [0.25, 0.3) is 0 Å². The van der Waals surface area contributed by atoms with Gasteiger partial charge in [0.05, 0.1) is 24.4 Å². The van der Waals surface area contributed by atoms with Gasteiger partial charge in [0, 0.05) is 55.6 Å². The van der Waals surface area contributed by atoms with Gasteiger partial charge in [-0.2, -0.15) is 0 Å². The molecule has 2 aliphatic rings. The topological polar surface area (TPSA) is 144 Å². The number of nitrogens with zero attached hydrogens (tertiary/aromatic N) is 5. The highest BCUT2D eigenvalue weighted by molar-refractivity contribution is 6.03. The molecule has 1 aromatic heterocycles. The molecule has 3 heterocycles. The number of likely N-dealkylation sites (N-methyl/N-ethyl adjacent to an activating group) is 2. The first-order valence-corrected chi connectivity index (χ1v) is 16.6. The van der Waals surface area contributed by atoms with Gasteiger partial charge in [-0.1, -0.05) is 20.8 Å². The van der Waals surface area contributed by atoms with E-state index >= 15 is 0 Å². The number of hydrogen-bond donors (Lipinski definition) is 4. The Balaban J connectivity index is 1.35. The minimum atomic E-state index is -0.800. The summed E-state index contributed by atoms with van der Waals surface area (Å²) in [5.41, 5.74) is 2.58. The summed E-state index contributed by atoms with van der Waals surface area (Å²) in [4.78, 5) is 55.8. The summed E-state index contributed by atoms with van der Waals surface area (Å²) in [5, 5.41) is 12.9. The van der Waals surface area contributed by atoms with E-state index in [9.17, 15) is 14.4 Å². The van der Waals surface area contributed by atoms with Crippen LogP contribution in [0.25, 0.3) is 10.9 Å². The highest BCUT2D eigenvalue weighted by Gasteiger charge is 2.42. The van der Waals surface area contributed by atoms with Crippen molar-refractivity contribution in [3.05, 3.63) is 42.7 Å². The summed E-state index contributed by atoms with van der Waals surface area (Å²) in [5.74, 6) is 0.147. The van der Waals surface area contributed by atoms with Gasteiger partial charge in [-0.25, -0.2) is 9.97 Å². The molecule has 3 amide bonds. The molecule has 2 aliphatic heterocycles. The van der Waals surface area contributed by atoms with Crippen molar-refractivity contribution in [3.63, 3.8) is 0 Å². The second-order valence-electron chi connectivity index (χ2n) is 13.8. The van der Waals surface area contributed by atoms with Gasteiger partial charge in [0.1, 0.15) is 30.0 Å². The minimum absolute atomic E-state index is 0.274. The zero-order valence-corrected chi connectivity index (χ0v) is 29.1. The Kier molecular flexibility index (Phi) is 10.7. The first-order valence-electron chi connectivity index (χ1n) is 16.6. The number of carbonyl (C=O) groups is 3. The lowest BCUT2D eigenvalue weighted by Gasteiger charge is -2.36. The fraction of sp³-hybridized carbons (Fsp3) is 0.514. The van der Waals surface area contributed by atoms with Gasteiger partial charge in [-0.3, -0.25) is 14.4 Å². The van der Waals surface area contributed by atoms with Crippen LogP contribution in [0.1, 0.15) is 40.5 Å². The SMILES string of the molecule is CNC(C)C(=O)NC(C(=O)N1CCCC1C(=O)Nc1cc2c(Nc3ccc(N4CCN(C)CC4)cc3)ncnc2cc1OC)C(C)(C)C. The lowest BCUT2D eigenvalue weighted by Crippen LogP contribution is -2.59. The quantitative estimate of drug-likeness (QED) is 0.256. The van der Waals surface area contributed by atoms with Crippen molar-refractivity contribution in [1.82, 2.24) is 30.4 Å². The van der Waals surface area contributed by atoms with Crippen LogP contribution in [0.2, 0.25) is 0 Å². The number of likely N-dealkylation sites (tertiary alicyclic amines) is 1. The van der Waals surface area contributed by atoms with E-state index in [1.807, 2.05) is 32.9 Å². The van der Waals surface area contributed by atoms with Crippen molar-refractivity contribution in [1.29, 1.82) is 0 Å². The van der Waals surface area contributed by atoms with Gasteiger partial charge in [-0.15, -0.1) is 0 Å². The monoisotopic (exact) mass is 659 g/mol. The minimum Gasteiger partial charge on any atom is -0.494 e. The maximum Gasteiger partial charge on any atom is 0.247 e. The second kappa shape index (κ2) is 14.7. The smallest absolute Gasteiger partial charge is 0.247 e. The van der Waals surface area contributed by atoms with Crippen molar-refractivity contribution in [3.8, 4) is 5.75 Å². The zero-order chi connectivity index (χ0) is 34.6. The molecule has 0 spiro atoms. The first-order chi connectivity index (χ1) is 22.9. The van der Waals surface area contributed by atoms with E-state index in [1.54, 1.807) is 31.0 Å². The average molecular weight is 660 g/mol. The molecule has 4 N–H and O–H groups in total.